The van der Waals surface area contributed by atoms with Crippen LogP contribution in [-0.4, -0.2) is 55.1 Å². The van der Waals surface area contributed by atoms with E-state index in [1.807, 2.05) is 17.0 Å². The predicted octanol–water partition coefficient (Wildman–Crippen LogP) is 4.49. The zero-order valence-electron chi connectivity index (χ0n) is 19.6. The van der Waals surface area contributed by atoms with Gasteiger partial charge in [-0.25, -0.2) is 4.39 Å². The first-order valence-electron chi connectivity index (χ1n) is 11.4. The molecule has 5 rings (SSSR count). The number of nitrogens with zero attached hydrogens (tertiary/aromatic N) is 1. The van der Waals surface area contributed by atoms with Gasteiger partial charge in [-0.3, -0.25) is 9.59 Å². The van der Waals surface area contributed by atoms with E-state index < -0.39 is 11.7 Å². The topological polar surface area (TPSA) is 97.7 Å². The lowest BCUT2D eigenvalue weighted by Gasteiger charge is -2.31. The average Bonchev–Trinajstić information content (AvgIpc) is 3.25. The smallest absolute Gasteiger partial charge is 0.253 e. The zero-order chi connectivity index (χ0) is 24.7. The van der Waals surface area contributed by atoms with Crippen molar-refractivity contribution < 1.29 is 23.5 Å². The van der Waals surface area contributed by atoms with Crippen LogP contribution in [-0.2, 0) is 4.74 Å². The Morgan fingerprint density at radius 1 is 1.00 bits per heavy atom. The summed E-state index contributed by atoms with van der Waals surface area (Å²) in [5, 5.41) is 1.61. The minimum atomic E-state index is -0.602. The largest absolute Gasteiger partial charge is 0.494 e. The van der Waals surface area contributed by atoms with E-state index in [9.17, 15) is 14.0 Å². The molecule has 1 aromatic heterocycles. The highest BCUT2D eigenvalue weighted by atomic mass is 19.1. The van der Waals surface area contributed by atoms with Crippen LogP contribution < -0.4 is 10.5 Å². The number of H-pyrrole nitrogens is 1. The lowest BCUT2D eigenvalue weighted by molar-refractivity contribution is 0.0351. The maximum absolute atomic E-state index is 14.4. The molecule has 0 radical (unpaired) electrons. The van der Waals surface area contributed by atoms with Gasteiger partial charge < -0.3 is 25.1 Å². The third-order valence-corrected chi connectivity index (χ3v) is 6.77. The van der Waals surface area contributed by atoms with Gasteiger partial charge in [0.15, 0.2) is 11.6 Å². The minimum Gasteiger partial charge on any atom is -0.494 e. The number of hydrogen-bond acceptors (Lipinski definition) is 4. The fourth-order valence-electron chi connectivity index (χ4n) is 4.82. The second-order valence-electron chi connectivity index (χ2n) is 8.77. The molecule has 0 spiro atoms. The number of hydrogen-bond donors (Lipinski definition) is 2. The molecule has 1 aliphatic rings. The van der Waals surface area contributed by atoms with Gasteiger partial charge in [0.25, 0.3) is 11.8 Å². The van der Waals surface area contributed by atoms with E-state index in [1.165, 1.54) is 13.2 Å². The summed E-state index contributed by atoms with van der Waals surface area (Å²) in [6.45, 7) is 1.30. The van der Waals surface area contributed by atoms with Crippen LogP contribution in [0.25, 0.3) is 32.9 Å². The minimum absolute atomic E-state index is 0.0374. The van der Waals surface area contributed by atoms with Gasteiger partial charge in [-0.05, 0) is 60.4 Å². The number of carbonyl (C=O) groups is 2. The van der Waals surface area contributed by atoms with E-state index in [4.69, 9.17) is 15.2 Å². The van der Waals surface area contributed by atoms with Gasteiger partial charge in [-0.2, -0.15) is 0 Å². The second-order valence-corrected chi connectivity index (χ2v) is 8.77. The van der Waals surface area contributed by atoms with Crippen LogP contribution in [0.4, 0.5) is 4.39 Å². The fraction of sp³-hybridized carbons (Fsp3) is 0.259. The summed E-state index contributed by atoms with van der Waals surface area (Å²) in [6.07, 6.45) is 1.82. The van der Waals surface area contributed by atoms with E-state index in [1.54, 1.807) is 37.4 Å². The number of aromatic nitrogens is 1. The molecular weight excluding hydrogens is 449 g/mol. The highest BCUT2D eigenvalue weighted by Gasteiger charge is 2.24. The third kappa shape index (κ3) is 4.10. The summed E-state index contributed by atoms with van der Waals surface area (Å²) in [4.78, 5) is 30.5. The molecule has 4 aromatic rings. The van der Waals surface area contributed by atoms with Crippen molar-refractivity contribution in [1.29, 1.82) is 0 Å². The van der Waals surface area contributed by atoms with Crippen LogP contribution in [0.15, 0.2) is 48.5 Å². The van der Waals surface area contributed by atoms with Crippen molar-refractivity contribution in [3.05, 3.63) is 65.5 Å². The summed E-state index contributed by atoms with van der Waals surface area (Å²) in [5.41, 5.74) is 9.10. The average molecular weight is 476 g/mol. The number of likely N-dealkylation sites (tertiary alicyclic amines) is 1. The number of benzene rings is 3. The molecule has 7 nitrogen and oxygen atoms in total. The van der Waals surface area contributed by atoms with Crippen LogP contribution in [0.1, 0.15) is 33.6 Å². The zero-order valence-corrected chi connectivity index (χ0v) is 19.6. The number of rotatable bonds is 5. The van der Waals surface area contributed by atoms with Gasteiger partial charge in [0.2, 0.25) is 0 Å². The summed E-state index contributed by atoms with van der Waals surface area (Å²) >= 11 is 0. The van der Waals surface area contributed by atoms with Gasteiger partial charge in [0.1, 0.15) is 0 Å². The number of primary amides is 1. The maximum atomic E-state index is 14.4. The van der Waals surface area contributed by atoms with E-state index >= 15 is 0 Å². The van der Waals surface area contributed by atoms with Gasteiger partial charge >= 0.3 is 0 Å². The Morgan fingerprint density at radius 2 is 1.77 bits per heavy atom. The third-order valence-electron chi connectivity index (χ3n) is 6.77. The van der Waals surface area contributed by atoms with Crippen molar-refractivity contribution in [3.63, 3.8) is 0 Å². The van der Waals surface area contributed by atoms with Crippen molar-refractivity contribution in [2.24, 2.45) is 5.73 Å². The van der Waals surface area contributed by atoms with E-state index in [-0.39, 0.29) is 17.8 Å². The molecule has 2 amide bonds. The number of amides is 2. The second kappa shape index (κ2) is 9.03. The van der Waals surface area contributed by atoms with Gasteiger partial charge in [0, 0.05) is 42.1 Å². The first kappa shape index (κ1) is 22.9. The fourth-order valence-corrected chi connectivity index (χ4v) is 4.82. The molecule has 2 heterocycles. The molecule has 1 aliphatic heterocycles. The number of halogens is 1. The summed E-state index contributed by atoms with van der Waals surface area (Å²) < 4.78 is 24.8. The molecule has 1 saturated heterocycles. The summed E-state index contributed by atoms with van der Waals surface area (Å²) in [7, 11) is 3.10. The molecule has 0 bridgehead atoms. The van der Waals surface area contributed by atoms with Crippen molar-refractivity contribution in [2.45, 2.75) is 18.9 Å². The summed E-state index contributed by atoms with van der Waals surface area (Å²) in [5.74, 6) is -0.998. The molecule has 180 valence electrons. The first-order valence-corrected chi connectivity index (χ1v) is 11.4. The van der Waals surface area contributed by atoms with Crippen LogP contribution in [0.3, 0.4) is 0 Å². The van der Waals surface area contributed by atoms with Gasteiger partial charge in [-0.1, -0.05) is 12.1 Å². The Morgan fingerprint density at radius 3 is 2.43 bits per heavy atom. The molecule has 0 unspecified atom stereocenters. The number of carbonyl (C=O) groups excluding carboxylic acids is 2. The van der Waals surface area contributed by atoms with Crippen LogP contribution in [0.2, 0.25) is 0 Å². The van der Waals surface area contributed by atoms with Crippen molar-refractivity contribution in [3.8, 4) is 16.9 Å². The maximum Gasteiger partial charge on any atom is 0.253 e. The van der Waals surface area contributed by atoms with Crippen molar-refractivity contribution in [1.82, 2.24) is 9.88 Å². The molecule has 3 N–H and O–H groups in total. The van der Waals surface area contributed by atoms with E-state index in [2.05, 4.69) is 4.98 Å². The Kier molecular flexibility index (Phi) is 5.90. The van der Waals surface area contributed by atoms with Crippen molar-refractivity contribution in [2.75, 3.05) is 27.3 Å². The molecule has 0 saturated carbocycles. The number of nitrogens with one attached hydrogen (secondary N) is 1. The lowest BCUT2D eigenvalue weighted by atomic mass is 9.98. The van der Waals surface area contributed by atoms with Gasteiger partial charge in [-0.15, -0.1) is 0 Å². The number of piperidine rings is 1. The lowest BCUT2D eigenvalue weighted by Crippen LogP contribution is -2.40. The monoisotopic (exact) mass is 475 g/mol. The van der Waals surface area contributed by atoms with Crippen LogP contribution >= 0.6 is 0 Å². The Balaban J connectivity index is 1.57. The van der Waals surface area contributed by atoms with Crippen molar-refractivity contribution >= 4 is 33.6 Å². The number of ether oxygens (including phenoxy) is 2. The highest BCUT2D eigenvalue weighted by molar-refractivity contribution is 6.17. The van der Waals surface area contributed by atoms with Gasteiger partial charge in [0.05, 0.1) is 24.3 Å². The molecular formula is C27H26FN3O4. The SMILES string of the molecule is COc1ccc(-c2cc(C(N)=O)c3[nH]c4cc(C(=O)N5CCC(OC)CC5)ccc4c3c2)cc1F. The highest BCUT2D eigenvalue weighted by Crippen LogP contribution is 2.34. The Labute approximate surface area is 201 Å². The summed E-state index contributed by atoms with van der Waals surface area (Å²) in [6, 6.07) is 13.6. The molecule has 1 fully saturated rings. The number of fused-ring (bicyclic) bond motifs is 3. The Bertz CT molecular complexity index is 1450. The molecule has 3 aromatic carbocycles. The molecule has 8 heteroatoms. The number of nitrogens with two attached hydrogens (primary N) is 1. The Hall–Kier alpha value is -3.91. The van der Waals surface area contributed by atoms with Crippen LogP contribution in [0, 0.1) is 5.82 Å². The standard InChI is InChI=1S/C27H26FN3O4/c1-34-18-7-9-31(10-8-18)27(33)16-3-5-19-20-11-17(15-4-6-24(35-2)22(28)13-15)12-21(26(29)32)25(20)30-23(19)14-16/h3-6,11-14,18,30H,7-10H2,1-2H3,(H2,29,32). The number of aromatic amines is 1. The van der Waals surface area contributed by atoms with E-state index in [0.717, 1.165) is 29.1 Å². The normalized spacial score (nSPS) is 14.5. The first-order chi connectivity index (χ1) is 16.9. The molecule has 0 atom stereocenters. The quantitative estimate of drug-likeness (QED) is 0.445. The predicted molar refractivity (Wildman–Crippen MR) is 132 cm³/mol. The van der Waals surface area contributed by atoms with E-state index in [0.29, 0.717) is 40.9 Å². The van der Waals surface area contributed by atoms with Crippen LogP contribution in [0.5, 0.6) is 5.75 Å². The number of methoxy groups -OCH3 is 2. The molecule has 35 heavy (non-hydrogen) atoms. The molecule has 0 aliphatic carbocycles.